The second-order valence-corrected chi connectivity index (χ2v) is 9.45. The van der Waals surface area contributed by atoms with Gasteiger partial charge < -0.3 is 10.2 Å². The van der Waals surface area contributed by atoms with E-state index in [1.54, 1.807) is 6.92 Å². The zero-order valence-corrected chi connectivity index (χ0v) is 16.6. The maximum atomic E-state index is 12.2. The molecule has 0 aliphatic rings. The van der Waals surface area contributed by atoms with Gasteiger partial charge in [-0.25, -0.2) is 18.1 Å². The number of aromatic nitrogens is 1. The number of anilines is 1. The van der Waals surface area contributed by atoms with Crippen molar-refractivity contribution in [2.24, 2.45) is 0 Å². The maximum absolute atomic E-state index is 12.2. The predicted octanol–water partition coefficient (Wildman–Crippen LogP) is 2.07. The van der Waals surface area contributed by atoms with Crippen molar-refractivity contribution in [1.82, 2.24) is 14.6 Å². The Morgan fingerprint density at radius 3 is 2.54 bits per heavy atom. The monoisotopic (exact) mass is 390 g/mol. The molecule has 134 valence electrons. The van der Waals surface area contributed by atoms with Crippen LogP contribution in [-0.4, -0.2) is 51.4 Å². The third-order valence-corrected chi connectivity index (χ3v) is 6.75. The average molecular weight is 391 g/mol. The van der Waals surface area contributed by atoms with Gasteiger partial charge in [0, 0.05) is 24.9 Å². The molecule has 24 heavy (non-hydrogen) atoms. The Kier molecular flexibility index (Phi) is 7.61. The minimum Gasteiger partial charge on any atom is -0.308 e. The first-order chi connectivity index (χ1) is 11.0. The van der Waals surface area contributed by atoms with Crippen LogP contribution in [0.3, 0.4) is 0 Å². The van der Waals surface area contributed by atoms with E-state index in [9.17, 15) is 13.2 Å². The van der Waals surface area contributed by atoms with Gasteiger partial charge in [0.1, 0.15) is 4.24 Å². The Hall–Kier alpha value is -1.20. The molecule has 0 saturated carbocycles. The lowest BCUT2D eigenvalue weighted by molar-refractivity contribution is -0.114. The summed E-state index contributed by atoms with van der Waals surface area (Å²) in [4.78, 5) is 18.4. The van der Waals surface area contributed by atoms with Gasteiger partial charge in [0.15, 0.2) is 5.13 Å². The minimum atomic E-state index is -3.64. The molecule has 0 saturated heterocycles. The summed E-state index contributed by atoms with van der Waals surface area (Å²) in [6.07, 6.45) is 0. The average Bonchev–Trinajstić information content (AvgIpc) is 2.77. The fraction of sp³-hybridized carbons (Fsp3) is 0.429. The van der Waals surface area contributed by atoms with Crippen LogP contribution >= 0.6 is 23.1 Å². The Balaban J connectivity index is 2.74. The highest BCUT2D eigenvalue weighted by Gasteiger charge is 2.20. The lowest BCUT2D eigenvalue weighted by atomic mass is 10.4. The third-order valence-electron chi connectivity index (χ3n) is 2.72. The molecule has 0 fully saturated rings. The first-order valence-corrected chi connectivity index (χ1v) is 10.1. The summed E-state index contributed by atoms with van der Waals surface area (Å²) in [5.74, 6) is -0.217. The molecule has 1 amide bonds. The van der Waals surface area contributed by atoms with Crippen molar-refractivity contribution in [2.45, 2.75) is 13.8 Å². The summed E-state index contributed by atoms with van der Waals surface area (Å²) in [6.45, 7) is 11.6. The topological polar surface area (TPSA) is 91.4 Å². The number of hydrogen-bond acceptors (Lipinski definition) is 7. The van der Waals surface area contributed by atoms with Crippen LogP contribution in [0.5, 0.6) is 0 Å². The number of carbonyl (C=O) groups excluding carboxylic acids is 1. The van der Waals surface area contributed by atoms with Gasteiger partial charge in [-0.3, -0.25) is 4.79 Å². The Morgan fingerprint density at radius 1 is 1.38 bits per heavy atom. The number of rotatable bonds is 9. The molecule has 1 heterocycles. The molecule has 1 rings (SSSR count). The maximum Gasteiger partial charge on any atom is 0.246 e. The molecular formula is C14H22N4O3S3. The normalized spacial score (nSPS) is 11.5. The van der Waals surface area contributed by atoms with Crippen LogP contribution in [0, 0.1) is 6.92 Å². The van der Waals surface area contributed by atoms with Crippen LogP contribution in [0.2, 0.25) is 0 Å². The van der Waals surface area contributed by atoms with Gasteiger partial charge in [-0.1, -0.05) is 36.3 Å². The number of sulfonamides is 1. The second-order valence-electron chi connectivity index (χ2n) is 5.21. The van der Waals surface area contributed by atoms with Crippen LogP contribution in [0.25, 0.3) is 4.91 Å². The first kappa shape index (κ1) is 20.8. The van der Waals surface area contributed by atoms with E-state index in [0.29, 0.717) is 33.7 Å². The standard InChI is InChI=1S/C14H22N4O3S3/c1-9-13(23-14(16-9)17-11(3)19)10(2)22-12(4)24(20,21)15-7-8-18(5)6/h15H,2,4,7-8H2,1,3,5-6H3,(H,16,17,19). The summed E-state index contributed by atoms with van der Waals surface area (Å²) in [5, 5.41) is 3.06. The van der Waals surface area contributed by atoms with E-state index in [1.165, 1.54) is 18.3 Å². The van der Waals surface area contributed by atoms with Crippen molar-refractivity contribution in [3.05, 3.63) is 28.0 Å². The van der Waals surface area contributed by atoms with E-state index < -0.39 is 10.0 Å². The van der Waals surface area contributed by atoms with Crippen molar-refractivity contribution in [3.63, 3.8) is 0 Å². The van der Waals surface area contributed by atoms with Crippen molar-refractivity contribution < 1.29 is 13.2 Å². The van der Waals surface area contributed by atoms with E-state index >= 15 is 0 Å². The molecule has 0 radical (unpaired) electrons. The Morgan fingerprint density at radius 2 is 2.00 bits per heavy atom. The molecule has 2 N–H and O–H groups in total. The molecule has 1 aromatic rings. The number of thiazole rings is 1. The lowest BCUT2D eigenvalue weighted by Crippen LogP contribution is -2.31. The van der Waals surface area contributed by atoms with Crippen LogP contribution in [-0.2, 0) is 14.8 Å². The summed E-state index contributed by atoms with van der Waals surface area (Å²) < 4.78 is 26.8. The van der Waals surface area contributed by atoms with E-state index in [2.05, 4.69) is 28.2 Å². The van der Waals surface area contributed by atoms with Gasteiger partial charge >= 0.3 is 0 Å². The summed E-state index contributed by atoms with van der Waals surface area (Å²) in [5.41, 5.74) is 0.673. The number of aryl methyl sites for hydroxylation is 1. The highest BCUT2D eigenvalue weighted by atomic mass is 32.3. The SMILES string of the molecule is C=C(SC(=C)S(=O)(=O)NCCN(C)C)c1sc(NC(C)=O)nc1C. The molecule has 10 heteroatoms. The number of likely N-dealkylation sites (N-methyl/N-ethyl adjacent to an activating group) is 1. The number of hydrogen-bond donors (Lipinski definition) is 2. The zero-order chi connectivity index (χ0) is 18.5. The molecule has 0 spiro atoms. The molecule has 0 bridgehead atoms. The van der Waals surface area contributed by atoms with Crippen LogP contribution < -0.4 is 10.0 Å². The third kappa shape index (κ3) is 6.36. The first-order valence-electron chi connectivity index (χ1n) is 6.98. The molecule has 0 aliphatic carbocycles. The fourth-order valence-electron chi connectivity index (χ4n) is 1.58. The Bertz CT molecular complexity index is 738. The van der Waals surface area contributed by atoms with E-state index in [-0.39, 0.29) is 10.1 Å². The molecule has 1 aromatic heterocycles. The van der Waals surface area contributed by atoms with Gasteiger partial charge in [-0.15, -0.1) is 0 Å². The van der Waals surface area contributed by atoms with Gasteiger partial charge in [0.2, 0.25) is 15.9 Å². The largest absolute Gasteiger partial charge is 0.308 e. The summed E-state index contributed by atoms with van der Waals surface area (Å²) in [7, 11) is 0.0816. The molecule has 0 unspecified atom stereocenters. The van der Waals surface area contributed by atoms with E-state index in [1.807, 2.05) is 19.0 Å². The molecular weight excluding hydrogens is 368 g/mol. The van der Waals surface area contributed by atoms with Gasteiger partial charge in [0.05, 0.1) is 10.6 Å². The number of carbonyl (C=O) groups is 1. The number of nitrogens with one attached hydrogen (secondary N) is 2. The summed E-state index contributed by atoms with van der Waals surface area (Å²) >= 11 is 2.21. The predicted molar refractivity (Wildman–Crippen MR) is 102 cm³/mol. The molecule has 0 aliphatic heterocycles. The zero-order valence-electron chi connectivity index (χ0n) is 14.2. The van der Waals surface area contributed by atoms with Crippen molar-refractivity contribution >= 4 is 49.1 Å². The smallest absolute Gasteiger partial charge is 0.246 e. The van der Waals surface area contributed by atoms with E-state index in [0.717, 1.165) is 11.8 Å². The molecule has 0 atom stereocenters. The van der Waals surface area contributed by atoms with Gasteiger partial charge in [-0.05, 0) is 21.0 Å². The fourth-order valence-corrected chi connectivity index (χ4v) is 4.66. The second kappa shape index (κ2) is 8.77. The minimum absolute atomic E-state index is 0.0277. The molecule has 0 aromatic carbocycles. The van der Waals surface area contributed by atoms with E-state index in [4.69, 9.17) is 0 Å². The van der Waals surface area contributed by atoms with Gasteiger partial charge in [-0.2, -0.15) is 0 Å². The Labute approximate surface area is 151 Å². The van der Waals surface area contributed by atoms with Crippen molar-refractivity contribution in [3.8, 4) is 0 Å². The van der Waals surface area contributed by atoms with Gasteiger partial charge in [0.25, 0.3) is 0 Å². The number of thioether (sulfide) groups is 1. The van der Waals surface area contributed by atoms with Crippen molar-refractivity contribution in [2.75, 3.05) is 32.5 Å². The van der Waals surface area contributed by atoms with Crippen molar-refractivity contribution in [1.29, 1.82) is 0 Å². The highest BCUT2D eigenvalue weighted by Crippen LogP contribution is 2.39. The lowest BCUT2D eigenvalue weighted by Gasteiger charge is -2.12. The van der Waals surface area contributed by atoms with Crippen LogP contribution in [0.15, 0.2) is 17.4 Å². The van der Waals surface area contributed by atoms with Crippen LogP contribution in [0.4, 0.5) is 5.13 Å². The number of nitrogens with zero attached hydrogens (tertiary/aromatic N) is 2. The molecule has 7 nitrogen and oxygen atoms in total. The summed E-state index contributed by atoms with van der Waals surface area (Å²) in [6, 6.07) is 0. The number of amides is 1. The highest BCUT2D eigenvalue weighted by molar-refractivity contribution is 8.23. The quantitative estimate of drug-likeness (QED) is 0.671. The van der Waals surface area contributed by atoms with Crippen LogP contribution in [0.1, 0.15) is 17.5 Å².